The third-order valence-corrected chi connectivity index (χ3v) is 7.25. The smallest absolute Gasteiger partial charge is 0.259 e. The SMILES string of the molecule is Cc1c(C#Cc2ccnc3cc([C@H](C)NC(=O)c4c(N)nn5cccnc45)c(-c4ccccc4)nc23)c[n+](C)n1C. The highest BCUT2D eigenvalue weighted by Crippen LogP contribution is 2.31. The Morgan fingerprint density at radius 3 is 2.61 bits per heavy atom. The van der Waals surface area contributed by atoms with Gasteiger partial charge in [0, 0.05) is 29.7 Å². The van der Waals surface area contributed by atoms with Crippen LogP contribution in [0.5, 0.6) is 0 Å². The van der Waals surface area contributed by atoms with Gasteiger partial charge in [0.25, 0.3) is 5.91 Å². The highest BCUT2D eigenvalue weighted by Gasteiger charge is 2.23. The maximum absolute atomic E-state index is 13.4. The molecule has 0 radical (unpaired) electrons. The van der Waals surface area contributed by atoms with Crippen LogP contribution in [0.3, 0.4) is 0 Å². The summed E-state index contributed by atoms with van der Waals surface area (Å²) in [7, 11) is 3.98. The van der Waals surface area contributed by atoms with Crippen molar-refractivity contribution in [1.82, 2.24) is 34.6 Å². The number of amides is 1. The summed E-state index contributed by atoms with van der Waals surface area (Å²) in [5, 5.41) is 7.28. The van der Waals surface area contributed by atoms with Gasteiger partial charge in [-0.15, -0.1) is 9.78 Å². The first kappa shape index (κ1) is 25.7. The Morgan fingerprint density at radius 1 is 1.07 bits per heavy atom. The van der Waals surface area contributed by atoms with E-state index >= 15 is 0 Å². The van der Waals surface area contributed by atoms with E-state index in [4.69, 9.17) is 10.7 Å². The number of anilines is 1. The summed E-state index contributed by atoms with van der Waals surface area (Å²) in [4.78, 5) is 27.4. The van der Waals surface area contributed by atoms with Crippen LogP contribution in [-0.2, 0) is 14.1 Å². The van der Waals surface area contributed by atoms with E-state index in [1.165, 1.54) is 4.52 Å². The van der Waals surface area contributed by atoms with Crippen LogP contribution < -0.4 is 15.7 Å². The fraction of sp³-hybridized carbons (Fsp3) is 0.161. The Labute approximate surface area is 236 Å². The first-order chi connectivity index (χ1) is 19.8. The minimum absolute atomic E-state index is 0.112. The van der Waals surface area contributed by atoms with E-state index in [1.807, 2.05) is 86.0 Å². The van der Waals surface area contributed by atoms with E-state index in [-0.39, 0.29) is 17.3 Å². The van der Waals surface area contributed by atoms with Crippen LogP contribution >= 0.6 is 0 Å². The van der Waals surface area contributed by atoms with Crippen LogP contribution in [0.1, 0.15) is 45.7 Å². The van der Waals surface area contributed by atoms with Crippen LogP contribution in [-0.4, -0.2) is 35.2 Å². The molecule has 0 aliphatic carbocycles. The maximum Gasteiger partial charge on any atom is 0.259 e. The molecule has 0 unspecified atom stereocenters. The molecular formula is C31H28N9O+. The number of carbonyl (C=O) groups excluding carboxylic acids is 1. The Hall–Kier alpha value is -5.56. The average molecular weight is 543 g/mol. The molecule has 10 nitrogen and oxygen atoms in total. The number of rotatable bonds is 4. The van der Waals surface area contributed by atoms with Crippen LogP contribution in [0.15, 0.2) is 73.3 Å². The number of nitrogens with one attached hydrogen (secondary N) is 1. The van der Waals surface area contributed by atoms with Gasteiger partial charge in [0.05, 0.1) is 35.6 Å². The number of carbonyl (C=O) groups is 1. The second-order valence-corrected chi connectivity index (χ2v) is 9.84. The molecule has 202 valence electrons. The van der Waals surface area contributed by atoms with Crippen molar-refractivity contribution < 1.29 is 9.48 Å². The number of fused-ring (bicyclic) bond motifs is 2. The minimum Gasteiger partial charge on any atom is -0.381 e. The summed E-state index contributed by atoms with van der Waals surface area (Å²) < 4.78 is 5.53. The molecule has 10 heteroatoms. The van der Waals surface area contributed by atoms with Crippen LogP contribution in [0.25, 0.3) is 27.9 Å². The first-order valence-corrected chi connectivity index (χ1v) is 13.1. The number of nitrogen functional groups attached to an aromatic ring is 1. The molecule has 5 aromatic heterocycles. The normalized spacial score (nSPS) is 11.8. The lowest BCUT2D eigenvalue weighted by molar-refractivity contribution is -0.751. The maximum atomic E-state index is 13.4. The highest BCUT2D eigenvalue weighted by molar-refractivity contribution is 6.04. The van der Waals surface area contributed by atoms with Gasteiger partial charge in [-0.05, 0) is 32.0 Å². The zero-order chi connectivity index (χ0) is 28.7. The Kier molecular flexibility index (Phi) is 6.40. The Bertz CT molecular complexity index is 2010. The standard InChI is InChI=1S/C31H27N9O/c1-19(35-31(41)26-29(32)37-40-16-8-14-34-30(26)40)24-17-25-28(36-27(24)21-9-6-5-7-10-21)22(13-15-33-25)11-12-23-18-38(3)39(4)20(23)2/h5-10,13-19H,1-4H3,(H2-,32,35,37,41)/p+1/t19-/m0/s1. The highest BCUT2D eigenvalue weighted by atomic mass is 16.1. The van der Waals surface area contributed by atoms with Gasteiger partial charge in [0.1, 0.15) is 16.6 Å². The van der Waals surface area contributed by atoms with Crippen molar-refractivity contribution >= 4 is 28.4 Å². The van der Waals surface area contributed by atoms with Crippen molar-refractivity contribution in [2.75, 3.05) is 5.73 Å². The predicted octanol–water partition coefficient (Wildman–Crippen LogP) is 3.28. The molecule has 1 aromatic carbocycles. The number of pyridine rings is 2. The van der Waals surface area contributed by atoms with Gasteiger partial charge in [0.15, 0.2) is 18.5 Å². The molecule has 0 fully saturated rings. The van der Waals surface area contributed by atoms with Crippen molar-refractivity contribution in [2.24, 2.45) is 14.1 Å². The molecule has 0 spiro atoms. The number of hydrogen-bond donors (Lipinski definition) is 2. The summed E-state index contributed by atoms with van der Waals surface area (Å²) in [6.45, 7) is 3.95. The molecule has 1 atom stereocenters. The van der Waals surface area contributed by atoms with Gasteiger partial charge >= 0.3 is 0 Å². The predicted molar refractivity (Wildman–Crippen MR) is 156 cm³/mol. The second kappa shape index (κ2) is 10.2. The molecule has 6 aromatic rings. The number of benzene rings is 1. The van der Waals surface area contributed by atoms with Crippen LogP contribution in [0, 0.1) is 18.8 Å². The van der Waals surface area contributed by atoms with E-state index in [1.54, 1.807) is 24.7 Å². The topological polar surface area (TPSA) is 120 Å². The van der Waals surface area contributed by atoms with Crippen LogP contribution in [0.2, 0.25) is 0 Å². The number of nitrogens with zero attached hydrogens (tertiary/aromatic N) is 7. The van der Waals surface area contributed by atoms with Crippen LogP contribution in [0.4, 0.5) is 5.82 Å². The van der Waals surface area contributed by atoms with Gasteiger partial charge in [-0.1, -0.05) is 42.2 Å². The van der Waals surface area contributed by atoms with Gasteiger partial charge in [0.2, 0.25) is 6.20 Å². The fourth-order valence-electron chi connectivity index (χ4n) is 4.85. The lowest BCUT2D eigenvalue weighted by Gasteiger charge is -2.19. The van der Waals surface area contributed by atoms with E-state index < -0.39 is 6.04 Å². The van der Waals surface area contributed by atoms with Gasteiger partial charge in [-0.2, -0.15) is 4.68 Å². The van der Waals surface area contributed by atoms with Gasteiger partial charge in [-0.3, -0.25) is 9.78 Å². The molecule has 3 N–H and O–H groups in total. The van der Waals surface area contributed by atoms with E-state index in [0.29, 0.717) is 16.7 Å². The molecule has 1 amide bonds. The second-order valence-electron chi connectivity index (χ2n) is 9.84. The molecule has 0 saturated heterocycles. The van der Waals surface area contributed by atoms with Crippen molar-refractivity contribution in [2.45, 2.75) is 19.9 Å². The minimum atomic E-state index is -0.434. The lowest BCUT2D eigenvalue weighted by atomic mass is 9.98. The van der Waals surface area contributed by atoms with Crippen molar-refractivity contribution in [3.63, 3.8) is 0 Å². The van der Waals surface area contributed by atoms with Gasteiger partial charge < -0.3 is 11.1 Å². The lowest BCUT2D eigenvalue weighted by Crippen LogP contribution is -2.36. The number of hydrogen-bond acceptors (Lipinski definition) is 6. The van der Waals surface area contributed by atoms with Crippen molar-refractivity contribution in [3.05, 3.63) is 101 Å². The largest absolute Gasteiger partial charge is 0.381 e. The van der Waals surface area contributed by atoms with E-state index in [9.17, 15) is 4.79 Å². The molecule has 6 rings (SSSR count). The summed E-state index contributed by atoms with van der Waals surface area (Å²) >= 11 is 0. The quantitative estimate of drug-likeness (QED) is 0.261. The number of aryl methyl sites for hydroxylation is 1. The molecule has 0 aliphatic rings. The summed E-state index contributed by atoms with van der Waals surface area (Å²) in [5.74, 6) is 6.34. The molecule has 0 bridgehead atoms. The number of aromatic nitrogens is 7. The first-order valence-electron chi connectivity index (χ1n) is 13.1. The summed E-state index contributed by atoms with van der Waals surface area (Å²) in [6.07, 6.45) is 7.03. The monoisotopic (exact) mass is 542 g/mol. The summed E-state index contributed by atoms with van der Waals surface area (Å²) in [5.41, 5.74) is 13.3. The molecule has 5 heterocycles. The third-order valence-electron chi connectivity index (χ3n) is 7.25. The molecular weight excluding hydrogens is 514 g/mol. The van der Waals surface area contributed by atoms with Crippen molar-refractivity contribution in [3.8, 4) is 23.1 Å². The number of nitrogens with two attached hydrogens (primary N) is 1. The third kappa shape index (κ3) is 4.63. The molecule has 0 aliphatic heterocycles. The fourth-order valence-corrected chi connectivity index (χ4v) is 4.85. The van der Waals surface area contributed by atoms with Crippen molar-refractivity contribution in [1.29, 1.82) is 0 Å². The zero-order valence-electron chi connectivity index (χ0n) is 23.1. The van der Waals surface area contributed by atoms with E-state index in [0.717, 1.165) is 33.6 Å². The molecule has 41 heavy (non-hydrogen) atoms. The summed E-state index contributed by atoms with van der Waals surface area (Å²) in [6, 6.07) is 15.0. The zero-order valence-corrected chi connectivity index (χ0v) is 23.1. The van der Waals surface area contributed by atoms with Gasteiger partial charge in [-0.25, -0.2) is 14.5 Å². The average Bonchev–Trinajstić information content (AvgIpc) is 3.45. The molecule has 0 saturated carbocycles. The van der Waals surface area contributed by atoms with E-state index in [2.05, 4.69) is 32.2 Å². The Balaban J connectivity index is 1.44. The Morgan fingerprint density at radius 2 is 1.85 bits per heavy atom.